The lowest BCUT2D eigenvalue weighted by Gasteiger charge is -2.34. The molecule has 10 heteroatoms. The molecule has 0 aromatic heterocycles. The Labute approximate surface area is 203 Å². The molecule has 2 heterocycles. The number of rotatable bonds is 7. The first kappa shape index (κ1) is 24.2. The first-order valence-electron chi connectivity index (χ1n) is 10.9. The molecule has 0 radical (unpaired) electrons. The molecular weight excluding hydrogens is 474 g/mol. The first-order valence-corrected chi connectivity index (χ1v) is 13.4. The summed E-state index contributed by atoms with van der Waals surface area (Å²) in [7, 11) is -3.61. The highest BCUT2D eigenvalue weighted by molar-refractivity contribution is 8.18. The van der Waals surface area contributed by atoms with E-state index in [-0.39, 0.29) is 31.8 Å². The van der Waals surface area contributed by atoms with Crippen LogP contribution in [-0.2, 0) is 32.6 Å². The minimum Gasteiger partial charge on any atom is -0.353 e. The lowest BCUT2D eigenvalue weighted by molar-refractivity contribution is -0.126. The van der Waals surface area contributed by atoms with Crippen LogP contribution in [0.5, 0.6) is 0 Å². The van der Waals surface area contributed by atoms with E-state index in [9.17, 15) is 22.8 Å². The van der Waals surface area contributed by atoms with Gasteiger partial charge < -0.3 is 5.32 Å². The molecule has 0 aliphatic carbocycles. The molecule has 8 nitrogen and oxygen atoms in total. The maximum absolute atomic E-state index is 13.0. The van der Waals surface area contributed by atoms with Crippen LogP contribution in [0.2, 0.25) is 0 Å². The summed E-state index contributed by atoms with van der Waals surface area (Å²) < 4.78 is 26.6. The van der Waals surface area contributed by atoms with Gasteiger partial charge in [0.05, 0.1) is 10.7 Å². The van der Waals surface area contributed by atoms with Crippen LogP contribution in [0.3, 0.4) is 0 Å². The number of amides is 3. The van der Waals surface area contributed by atoms with Gasteiger partial charge in [-0.05, 0) is 47.9 Å². The molecule has 0 bridgehead atoms. The second kappa shape index (κ2) is 10.1. The summed E-state index contributed by atoms with van der Waals surface area (Å²) in [5, 5.41) is 2.32. The van der Waals surface area contributed by atoms with E-state index in [2.05, 4.69) is 5.32 Å². The number of thioether (sulfide) groups is 1. The maximum atomic E-state index is 13.0. The summed E-state index contributed by atoms with van der Waals surface area (Å²) >= 11 is 0.861. The fraction of sp³-hybridized carbons (Fsp3) is 0.292. The molecule has 2 aliphatic heterocycles. The van der Waals surface area contributed by atoms with E-state index >= 15 is 0 Å². The minimum atomic E-state index is -3.61. The molecule has 3 amide bonds. The zero-order valence-electron chi connectivity index (χ0n) is 18.6. The van der Waals surface area contributed by atoms with Gasteiger partial charge in [-0.25, -0.2) is 8.42 Å². The molecule has 1 fully saturated rings. The summed E-state index contributed by atoms with van der Waals surface area (Å²) in [4.78, 5) is 39.4. The van der Waals surface area contributed by atoms with Crippen LogP contribution in [0, 0.1) is 0 Å². The number of nitrogens with one attached hydrogen (secondary N) is 1. The summed E-state index contributed by atoms with van der Waals surface area (Å²) in [5.41, 5.74) is 2.63. The fourth-order valence-corrected chi connectivity index (χ4v) is 6.07. The van der Waals surface area contributed by atoms with E-state index < -0.39 is 33.1 Å². The fourth-order valence-electron chi connectivity index (χ4n) is 3.98. The van der Waals surface area contributed by atoms with E-state index in [0.29, 0.717) is 4.91 Å². The first-order chi connectivity index (χ1) is 16.3. The van der Waals surface area contributed by atoms with Crippen molar-refractivity contribution in [1.82, 2.24) is 14.5 Å². The Morgan fingerprint density at radius 1 is 1.09 bits per heavy atom. The number of hydrogen-bond donors (Lipinski definition) is 1. The van der Waals surface area contributed by atoms with Crippen LogP contribution in [0.4, 0.5) is 4.79 Å². The molecular formula is C24H25N3O5S2. The third kappa shape index (κ3) is 5.08. The van der Waals surface area contributed by atoms with Gasteiger partial charge in [-0.15, -0.1) is 0 Å². The molecule has 2 aromatic carbocycles. The lowest BCUT2D eigenvalue weighted by Crippen LogP contribution is -2.53. The van der Waals surface area contributed by atoms with Gasteiger partial charge in [-0.1, -0.05) is 54.6 Å². The standard InChI is InChI=1S/C24H25N3O5S2/c1-2-34(31,32)27-16-19-11-7-6-10-18(19)15-20(27)22(28)25-12-13-26-23(29)21(33-24(26)30)14-17-8-4-3-5-9-17/h3-11,14,20H,2,12-13,15-16H2,1H3,(H,25,28). The average molecular weight is 500 g/mol. The van der Waals surface area contributed by atoms with Crippen LogP contribution in [-0.4, -0.2) is 59.6 Å². The van der Waals surface area contributed by atoms with Crippen LogP contribution in [0.1, 0.15) is 23.6 Å². The molecule has 2 aromatic rings. The highest BCUT2D eigenvalue weighted by atomic mass is 32.2. The van der Waals surface area contributed by atoms with Gasteiger partial charge in [-0.2, -0.15) is 4.31 Å². The van der Waals surface area contributed by atoms with Crippen molar-refractivity contribution in [2.24, 2.45) is 0 Å². The summed E-state index contributed by atoms with van der Waals surface area (Å²) in [6.45, 7) is 1.73. The number of nitrogens with zero attached hydrogens (tertiary/aromatic N) is 2. The van der Waals surface area contributed by atoms with Gasteiger partial charge in [-0.3, -0.25) is 19.3 Å². The molecule has 1 N–H and O–H groups in total. The van der Waals surface area contributed by atoms with Gasteiger partial charge in [0, 0.05) is 19.6 Å². The number of carbonyl (C=O) groups excluding carboxylic acids is 3. The number of benzene rings is 2. The topological polar surface area (TPSA) is 104 Å². The van der Waals surface area contributed by atoms with Gasteiger partial charge in [0.25, 0.3) is 11.1 Å². The lowest BCUT2D eigenvalue weighted by atomic mass is 9.95. The van der Waals surface area contributed by atoms with Crippen LogP contribution in [0.15, 0.2) is 59.5 Å². The van der Waals surface area contributed by atoms with Gasteiger partial charge >= 0.3 is 0 Å². The van der Waals surface area contributed by atoms with Crippen molar-refractivity contribution in [3.63, 3.8) is 0 Å². The number of hydrogen-bond acceptors (Lipinski definition) is 6. The molecule has 2 aliphatic rings. The zero-order chi connectivity index (χ0) is 24.3. The SMILES string of the molecule is CCS(=O)(=O)N1Cc2ccccc2CC1C(=O)NCCN1C(=O)SC(=Cc2ccccc2)C1=O. The van der Waals surface area contributed by atoms with E-state index in [4.69, 9.17) is 0 Å². The normalized spacial score (nSPS) is 20.0. The largest absolute Gasteiger partial charge is 0.353 e. The summed E-state index contributed by atoms with van der Waals surface area (Å²) in [5.74, 6) is -0.961. The van der Waals surface area contributed by atoms with Crippen molar-refractivity contribution in [2.45, 2.75) is 25.9 Å². The van der Waals surface area contributed by atoms with Crippen molar-refractivity contribution in [1.29, 1.82) is 0 Å². The van der Waals surface area contributed by atoms with Gasteiger partial charge in [0.2, 0.25) is 15.9 Å². The Bertz CT molecular complexity index is 1240. The van der Waals surface area contributed by atoms with Crippen LogP contribution in [0.25, 0.3) is 6.08 Å². The molecule has 34 heavy (non-hydrogen) atoms. The van der Waals surface area contributed by atoms with Crippen molar-refractivity contribution in [3.8, 4) is 0 Å². The molecule has 0 spiro atoms. The average Bonchev–Trinajstić information content (AvgIpc) is 3.11. The molecule has 178 valence electrons. The smallest absolute Gasteiger partial charge is 0.293 e. The van der Waals surface area contributed by atoms with Crippen LogP contribution >= 0.6 is 11.8 Å². The third-order valence-electron chi connectivity index (χ3n) is 5.84. The summed E-state index contributed by atoms with van der Waals surface area (Å²) in [6, 6.07) is 15.8. The highest BCUT2D eigenvalue weighted by Crippen LogP contribution is 2.32. The number of carbonyl (C=O) groups is 3. The quantitative estimate of drug-likeness (QED) is 0.588. The van der Waals surface area contributed by atoms with Gasteiger partial charge in [0.15, 0.2) is 0 Å². The monoisotopic (exact) mass is 499 g/mol. The van der Waals surface area contributed by atoms with Crippen molar-refractivity contribution >= 4 is 44.9 Å². The minimum absolute atomic E-state index is 0.00632. The molecule has 1 unspecified atom stereocenters. The second-order valence-corrected chi connectivity index (χ2v) is 11.2. The number of imide groups is 1. The zero-order valence-corrected chi connectivity index (χ0v) is 20.3. The Morgan fingerprint density at radius 3 is 2.47 bits per heavy atom. The number of fused-ring (bicyclic) bond motifs is 1. The summed E-state index contributed by atoms with van der Waals surface area (Å²) in [6.07, 6.45) is 1.93. The van der Waals surface area contributed by atoms with E-state index in [0.717, 1.165) is 33.4 Å². The highest BCUT2D eigenvalue weighted by Gasteiger charge is 2.38. The van der Waals surface area contributed by atoms with Crippen molar-refractivity contribution in [3.05, 3.63) is 76.2 Å². The molecule has 0 saturated carbocycles. The van der Waals surface area contributed by atoms with Crippen molar-refractivity contribution in [2.75, 3.05) is 18.8 Å². The maximum Gasteiger partial charge on any atom is 0.293 e. The van der Waals surface area contributed by atoms with E-state index in [1.54, 1.807) is 13.0 Å². The predicted molar refractivity (Wildman–Crippen MR) is 131 cm³/mol. The Morgan fingerprint density at radius 2 is 1.76 bits per heavy atom. The van der Waals surface area contributed by atoms with Gasteiger partial charge in [0.1, 0.15) is 6.04 Å². The molecule has 4 rings (SSSR count). The molecule has 1 atom stereocenters. The predicted octanol–water partition coefficient (Wildman–Crippen LogP) is 2.62. The van der Waals surface area contributed by atoms with E-state index in [1.165, 1.54) is 4.31 Å². The number of sulfonamides is 1. The van der Waals surface area contributed by atoms with Crippen LogP contribution < -0.4 is 5.32 Å². The van der Waals surface area contributed by atoms with Crippen molar-refractivity contribution < 1.29 is 22.8 Å². The Kier molecular flexibility index (Phi) is 7.20. The second-order valence-electron chi connectivity index (χ2n) is 7.97. The molecule has 1 saturated heterocycles. The Balaban J connectivity index is 1.41. The third-order valence-corrected chi connectivity index (χ3v) is 8.57. The Hall–Kier alpha value is -2.95. The van der Waals surface area contributed by atoms with E-state index in [1.807, 2.05) is 54.6 Å².